The third-order valence-corrected chi connectivity index (χ3v) is 2.23. The molecule has 0 saturated carbocycles. The van der Waals surface area contributed by atoms with E-state index in [4.69, 9.17) is 0 Å². The third-order valence-electron chi connectivity index (χ3n) is 1.65. The van der Waals surface area contributed by atoms with E-state index in [0.717, 1.165) is 16.1 Å². The lowest BCUT2D eigenvalue weighted by atomic mass is 10.5. The molecule has 5 nitrogen and oxygen atoms in total. The highest BCUT2D eigenvalue weighted by Gasteiger charge is 2.00. The summed E-state index contributed by atoms with van der Waals surface area (Å²) in [6.45, 7) is 0.614. The van der Waals surface area contributed by atoms with Crippen LogP contribution >= 0.6 is 15.9 Å². The number of halogens is 1. The lowest BCUT2D eigenvalue weighted by Crippen LogP contribution is -2.03. The molecule has 0 atom stereocenters. The van der Waals surface area contributed by atoms with Crippen molar-refractivity contribution < 1.29 is 0 Å². The van der Waals surface area contributed by atoms with Crippen LogP contribution in [0.4, 0.5) is 5.82 Å². The number of aromatic nitrogens is 4. The van der Waals surface area contributed by atoms with Crippen LogP contribution in [0.3, 0.4) is 0 Å². The Kier molecular flexibility index (Phi) is 2.73. The second kappa shape index (κ2) is 4.19. The standard InChI is InChI=1S/C8H8BrN5/c9-6-3-10-5-14-8(6)13-4-7-11-1-2-12-7/h1-3,5H,4H2,(H,11,12)(H,10,13,14). The van der Waals surface area contributed by atoms with Gasteiger partial charge in [0.25, 0.3) is 0 Å². The predicted molar refractivity (Wildman–Crippen MR) is 55.6 cm³/mol. The normalized spacial score (nSPS) is 10.1. The van der Waals surface area contributed by atoms with Gasteiger partial charge in [0, 0.05) is 18.6 Å². The Hall–Kier alpha value is -1.43. The van der Waals surface area contributed by atoms with Gasteiger partial charge in [0.1, 0.15) is 18.0 Å². The average Bonchev–Trinajstić information content (AvgIpc) is 2.69. The van der Waals surface area contributed by atoms with Crippen molar-refractivity contribution in [3.63, 3.8) is 0 Å². The van der Waals surface area contributed by atoms with E-state index in [0.29, 0.717) is 6.54 Å². The van der Waals surface area contributed by atoms with Crippen LogP contribution in [0.2, 0.25) is 0 Å². The summed E-state index contributed by atoms with van der Waals surface area (Å²) in [5.41, 5.74) is 0. The summed E-state index contributed by atoms with van der Waals surface area (Å²) in [4.78, 5) is 15.0. The Morgan fingerprint density at radius 2 is 2.36 bits per heavy atom. The van der Waals surface area contributed by atoms with Crippen LogP contribution < -0.4 is 5.32 Å². The summed E-state index contributed by atoms with van der Waals surface area (Å²) in [5, 5.41) is 3.12. The van der Waals surface area contributed by atoms with Crippen LogP contribution in [-0.4, -0.2) is 19.9 Å². The molecule has 0 aromatic carbocycles. The molecule has 0 bridgehead atoms. The largest absolute Gasteiger partial charge is 0.362 e. The zero-order valence-electron chi connectivity index (χ0n) is 7.24. The fourth-order valence-corrected chi connectivity index (χ4v) is 1.37. The molecule has 0 fully saturated rings. The number of aromatic amines is 1. The van der Waals surface area contributed by atoms with Crippen LogP contribution in [0.1, 0.15) is 5.82 Å². The average molecular weight is 254 g/mol. The van der Waals surface area contributed by atoms with Gasteiger partial charge < -0.3 is 10.3 Å². The fraction of sp³-hybridized carbons (Fsp3) is 0.125. The Morgan fingerprint density at radius 3 is 3.07 bits per heavy atom. The van der Waals surface area contributed by atoms with Crippen molar-refractivity contribution in [3.8, 4) is 0 Å². The van der Waals surface area contributed by atoms with Crippen molar-refractivity contribution in [3.05, 3.63) is 35.2 Å². The van der Waals surface area contributed by atoms with E-state index >= 15 is 0 Å². The molecule has 0 saturated heterocycles. The number of anilines is 1. The molecule has 2 N–H and O–H groups in total. The summed E-state index contributed by atoms with van der Waals surface area (Å²) in [5.74, 6) is 1.63. The molecule has 2 aromatic rings. The van der Waals surface area contributed by atoms with Crippen molar-refractivity contribution in [1.82, 2.24) is 19.9 Å². The fourth-order valence-electron chi connectivity index (χ4n) is 1.00. The molecule has 0 unspecified atom stereocenters. The van der Waals surface area contributed by atoms with Crippen LogP contribution in [0.25, 0.3) is 0 Å². The Bertz CT molecular complexity index is 400. The van der Waals surface area contributed by atoms with E-state index in [-0.39, 0.29) is 0 Å². The maximum absolute atomic E-state index is 4.08. The summed E-state index contributed by atoms with van der Waals surface area (Å²) < 4.78 is 0.839. The van der Waals surface area contributed by atoms with Gasteiger partial charge in [-0.05, 0) is 15.9 Å². The number of H-pyrrole nitrogens is 1. The molecule has 2 heterocycles. The van der Waals surface area contributed by atoms with E-state index in [1.165, 1.54) is 6.33 Å². The number of hydrogen-bond donors (Lipinski definition) is 2. The first-order valence-electron chi connectivity index (χ1n) is 4.04. The van der Waals surface area contributed by atoms with E-state index in [1.807, 2.05) is 0 Å². The predicted octanol–water partition coefficient (Wildman–Crippen LogP) is 1.57. The molecular weight excluding hydrogens is 246 g/mol. The maximum atomic E-state index is 4.08. The van der Waals surface area contributed by atoms with E-state index in [9.17, 15) is 0 Å². The van der Waals surface area contributed by atoms with Gasteiger partial charge in [-0.15, -0.1) is 0 Å². The van der Waals surface area contributed by atoms with Gasteiger partial charge in [0.2, 0.25) is 0 Å². The number of hydrogen-bond acceptors (Lipinski definition) is 4. The minimum atomic E-state index is 0.614. The Labute approximate surface area is 89.1 Å². The second-order valence-corrected chi connectivity index (χ2v) is 3.46. The molecule has 0 amide bonds. The number of rotatable bonds is 3. The zero-order chi connectivity index (χ0) is 9.80. The van der Waals surface area contributed by atoms with Gasteiger partial charge in [-0.3, -0.25) is 0 Å². The van der Waals surface area contributed by atoms with E-state index < -0.39 is 0 Å². The maximum Gasteiger partial charge on any atom is 0.144 e. The Balaban J connectivity index is 2.02. The molecule has 0 aliphatic rings. The van der Waals surface area contributed by atoms with Crippen LogP contribution in [0, 0.1) is 0 Å². The number of imidazole rings is 1. The quantitative estimate of drug-likeness (QED) is 0.872. The molecule has 72 valence electrons. The van der Waals surface area contributed by atoms with Crippen molar-refractivity contribution in [2.75, 3.05) is 5.32 Å². The minimum absolute atomic E-state index is 0.614. The van der Waals surface area contributed by atoms with Crippen LogP contribution in [0.5, 0.6) is 0 Å². The first-order valence-corrected chi connectivity index (χ1v) is 4.83. The van der Waals surface area contributed by atoms with Crippen molar-refractivity contribution in [1.29, 1.82) is 0 Å². The second-order valence-electron chi connectivity index (χ2n) is 2.61. The molecule has 14 heavy (non-hydrogen) atoms. The highest BCUT2D eigenvalue weighted by Crippen LogP contribution is 2.17. The van der Waals surface area contributed by atoms with Crippen LogP contribution in [0.15, 0.2) is 29.4 Å². The summed E-state index contributed by atoms with van der Waals surface area (Å²) in [6, 6.07) is 0. The Morgan fingerprint density at radius 1 is 1.43 bits per heavy atom. The summed E-state index contributed by atoms with van der Waals surface area (Å²) in [7, 11) is 0. The molecule has 6 heteroatoms. The number of nitrogens with zero attached hydrogens (tertiary/aromatic N) is 3. The zero-order valence-corrected chi connectivity index (χ0v) is 8.82. The van der Waals surface area contributed by atoms with Crippen molar-refractivity contribution >= 4 is 21.7 Å². The first kappa shape index (κ1) is 9.14. The lowest BCUT2D eigenvalue weighted by Gasteiger charge is -2.03. The third kappa shape index (κ3) is 2.08. The smallest absolute Gasteiger partial charge is 0.144 e. The highest BCUT2D eigenvalue weighted by atomic mass is 79.9. The SMILES string of the molecule is Brc1cncnc1NCc1ncc[nH]1. The lowest BCUT2D eigenvalue weighted by molar-refractivity contribution is 0.979. The molecule has 0 radical (unpaired) electrons. The van der Waals surface area contributed by atoms with Crippen molar-refractivity contribution in [2.45, 2.75) is 6.54 Å². The molecule has 0 spiro atoms. The summed E-state index contributed by atoms with van der Waals surface area (Å²) >= 11 is 3.34. The molecule has 0 aliphatic heterocycles. The number of nitrogens with one attached hydrogen (secondary N) is 2. The molecular formula is C8H8BrN5. The van der Waals surface area contributed by atoms with E-state index in [1.54, 1.807) is 18.6 Å². The monoisotopic (exact) mass is 253 g/mol. The molecule has 2 aromatic heterocycles. The molecule has 0 aliphatic carbocycles. The first-order chi connectivity index (χ1) is 6.86. The van der Waals surface area contributed by atoms with Gasteiger partial charge >= 0.3 is 0 Å². The van der Waals surface area contributed by atoms with Gasteiger partial charge in [-0.2, -0.15) is 0 Å². The van der Waals surface area contributed by atoms with Gasteiger partial charge in [-0.25, -0.2) is 15.0 Å². The highest BCUT2D eigenvalue weighted by molar-refractivity contribution is 9.10. The van der Waals surface area contributed by atoms with E-state index in [2.05, 4.69) is 41.2 Å². The van der Waals surface area contributed by atoms with Crippen LogP contribution in [-0.2, 0) is 6.54 Å². The van der Waals surface area contributed by atoms with Gasteiger partial charge in [-0.1, -0.05) is 0 Å². The molecule has 2 rings (SSSR count). The summed E-state index contributed by atoms with van der Waals surface area (Å²) in [6.07, 6.45) is 6.69. The van der Waals surface area contributed by atoms with Gasteiger partial charge in [0.05, 0.1) is 11.0 Å². The topological polar surface area (TPSA) is 66.5 Å². The minimum Gasteiger partial charge on any atom is -0.362 e. The van der Waals surface area contributed by atoms with Crippen molar-refractivity contribution in [2.24, 2.45) is 0 Å². The van der Waals surface area contributed by atoms with Gasteiger partial charge in [0.15, 0.2) is 0 Å².